The number of alkyl carbamates (subject to hydrolysis) is 1. The lowest BCUT2D eigenvalue weighted by molar-refractivity contribution is -0.131. The molecular weight excluding hydrogens is 332 g/mol. The van der Waals surface area contributed by atoms with Crippen LogP contribution >= 0.6 is 0 Å². The predicted molar refractivity (Wildman–Crippen MR) is 102 cm³/mol. The third-order valence-electron chi connectivity index (χ3n) is 3.71. The summed E-state index contributed by atoms with van der Waals surface area (Å²) >= 11 is 0. The lowest BCUT2D eigenvalue weighted by Crippen LogP contribution is -2.47. The van der Waals surface area contributed by atoms with Crippen LogP contribution in [0.5, 0.6) is 0 Å². The number of aromatic nitrogens is 1. The van der Waals surface area contributed by atoms with E-state index in [2.05, 4.69) is 10.3 Å². The van der Waals surface area contributed by atoms with Crippen LogP contribution < -0.4 is 5.32 Å². The Morgan fingerprint density at radius 3 is 2.54 bits per heavy atom. The van der Waals surface area contributed by atoms with Crippen LogP contribution in [-0.2, 0) is 16.0 Å². The minimum atomic E-state index is -0.989. The fourth-order valence-electron chi connectivity index (χ4n) is 2.78. The number of nitrogens with one attached hydrogen (secondary N) is 2. The summed E-state index contributed by atoms with van der Waals surface area (Å²) in [5.74, 6) is -0.989. The molecule has 0 unspecified atom stereocenters. The first kappa shape index (κ1) is 19.6. The van der Waals surface area contributed by atoms with Crippen LogP contribution in [0.4, 0.5) is 4.79 Å². The number of rotatable bonds is 5. The van der Waals surface area contributed by atoms with Gasteiger partial charge in [0.2, 0.25) is 0 Å². The molecule has 140 valence electrons. The lowest BCUT2D eigenvalue weighted by atomic mass is 9.94. The minimum Gasteiger partial charge on any atom is -0.478 e. The third kappa shape index (κ3) is 5.37. The molecule has 0 atom stereocenters. The monoisotopic (exact) mass is 358 g/mol. The number of fused-ring (bicyclic) bond motifs is 1. The Morgan fingerprint density at radius 2 is 1.92 bits per heavy atom. The van der Waals surface area contributed by atoms with Gasteiger partial charge in [0.1, 0.15) is 5.60 Å². The average molecular weight is 358 g/mol. The van der Waals surface area contributed by atoms with E-state index in [9.17, 15) is 9.59 Å². The number of carbonyl (C=O) groups excluding carboxylic acids is 1. The van der Waals surface area contributed by atoms with E-state index < -0.39 is 23.2 Å². The Morgan fingerprint density at radius 1 is 1.23 bits per heavy atom. The summed E-state index contributed by atoms with van der Waals surface area (Å²) in [6, 6.07) is 5.71. The highest BCUT2D eigenvalue weighted by Crippen LogP contribution is 2.26. The van der Waals surface area contributed by atoms with E-state index in [0.29, 0.717) is 6.42 Å². The summed E-state index contributed by atoms with van der Waals surface area (Å²) in [7, 11) is 0. The summed E-state index contributed by atoms with van der Waals surface area (Å²) in [5.41, 5.74) is 1.64. The topological polar surface area (TPSA) is 91.4 Å². The summed E-state index contributed by atoms with van der Waals surface area (Å²) in [5, 5.41) is 12.7. The second-order valence-electron chi connectivity index (χ2n) is 7.94. The van der Waals surface area contributed by atoms with Gasteiger partial charge in [0.15, 0.2) is 0 Å². The Balaban J connectivity index is 2.21. The maximum absolute atomic E-state index is 12.1. The van der Waals surface area contributed by atoms with Gasteiger partial charge in [0, 0.05) is 23.2 Å². The van der Waals surface area contributed by atoms with Crippen molar-refractivity contribution in [3.8, 4) is 0 Å². The Bertz CT molecular complexity index is 841. The number of amides is 1. The van der Waals surface area contributed by atoms with Crippen molar-refractivity contribution in [3.05, 3.63) is 41.6 Å². The number of para-hydroxylation sites is 1. The van der Waals surface area contributed by atoms with Crippen molar-refractivity contribution in [3.63, 3.8) is 0 Å². The number of carbonyl (C=O) groups is 2. The van der Waals surface area contributed by atoms with Gasteiger partial charge < -0.3 is 20.1 Å². The SMILES string of the molecule is CC(C)(Cc1c[nH]c2c(C=CC(=O)O)cccc12)NC(=O)OC(C)(C)C. The number of carboxylic acid groups (broad SMARTS) is 1. The molecule has 2 aromatic rings. The molecular formula is C20H26N2O4. The molecule has 2 rings (SSSR count). The zero-order valence-corrected chi connectivity index (χ0v) is 15.8. The molecule has 0 aliphatic carbocycles. The van der Waals surface area contributed by atoms with Gasteiger partial charge >= 0.3 is 12.1 Å². The zero-order chi connectivity index (χ0) is 19.5. The summed E-state index contributed by atoms with van der Waals surface area (Å²) in [4.78, 5) is 26.0. The molecule has 6 nitrogen and oxygen atoms in total. The normalized spacial score (nSPS) is 12.5. The second kappa shape index (κ2) is 7.23. The Labute approximate surface area is 153 Å². The highest BCUT2D eigenvalue weighted by Gasteiger charge is 2.26. The molecule has 0 fully saturated rings. The number of ether oxygens (including phenoxy) is 1. The van der Waals surface area contributed by atoms with Crippen molar-refractivity contribution < 1.29 is 19.4 Å². The van der Waals surface area contributed by atoms with Crippen LogP contribution in [0, 0.1) is 0 Å². The Kier molecular flexibility index (Phi) is 5.44. The molecule has 3 N–H and O–H groups in total. The number of aliphatic carboxylic acids is 1. The number of hydrogen-bond acceptors (Lipinski definition) is 3. The molecule has 1 aromatic heterocycles. The van der Waals surface area contributed by atoms with Gasteiger partial charge in [-0.1, -0.05) is 18.2 Å². The second-order valence-corrected chi connectivity index (χ2v) is 7.94. The third-order valence-corrected chi connectivity index (χ3v) is 3.71. The standard InChI is InChI=1S/C20H26N2O4/c1-19(2,3)26-18(25)22-20(4,5)11-14-12-21-17-13(9-10-16(23)24)7-6-8-15(14)17/h6-10,12,21H,11H2,1-5H3,(H,22,25)(H,23,24). The highest BCUT2D eigenvalue weighted by molar-refractivity contribution is 5.94. The summed E-state index contributed by atoms with van der Waals surface area (Å²) < 4.78 is 5.33. The quantitative estimate of drug-likeness (QED) is 0.701. The van der Waals surface area contributed by atoms with Gasteiger partial charge in [-0.3, -0.25) is 0 Å². The molecule has 0 aliphatic rings. The van der Waals surface area contributed by atoms with Gasteiger partial charge in [0.25, 0.3) is 0 Å². The van der Waals surface area contributed by atoms with Crippen molar-refractivity contribution in [1.29, 1.82) is 0 Å². The Hall–Kier alpha value is -2.76. The number of aromatic amines is 1. The van der Waals surface area contributed by atoms with Gasteiger partial charge in [-0.25, -0.2) is 9.59 Å². The number of hydrogen-bond donors (Lipinski definition) is 3. The maximum Gasteiger partial charge on any atom is 0.408 e. The van der Waals surface area contributed by atoms with Crippen LogP contribution in [0.15, 0.2) is 30.5 Å². The molecule has 1 aromatic carbocycles. The fraction of sp³-hybridized carbons (Fsp3) is 0.400. The van der Waals surface area contributed by atoms with E-state index in [1.807, 2.05) is 59.0 Å². The van der Waals surface area contributed by atoms with Crippen LogP contribution in [0.1, 0.15) is 45.7 Å². The first-order chi connectivity index (χ1) is 12.0. The molecule has 26 heavy (non-hydrogen) atoms. The molecule has 0 aliphatic heterocycles. The van der Waals surface area contributed by atoms with E-state index in [-0.39, 0.29) is 0 Å². The van der Waals surface area contributed by atoms with Gasteiger partial charge in [0.05, 0.1) is 5.52 Å². The van der Waals surface area contributed by atoms with Crippen LogP contribution in [0.3, 0.4) is 0 Å². The van der Waals surface area contributed by atoms with E-state index >= 15 is 0 Å². The molecule has 1 heterocycles. The first-order valence-electron chi connectivity index (χ1n) is 8.48. The molecule has 6 heteroatoms. The number of carboxylic acids is 1. The largest absolute Gasteiger partial charge is 0.478 e. The molecule has 0 radical (unpaired) electrons. The van der Waals surface area contributed by atoms with Crippen LogP contribution in [0.2, 0.25) is 0 Å². The van der Waals surface area contributed by atoms with Crippen LogP contribution in [-0.4, -0.2) is 33.3 Å². The minimum absolute atomic E-state index is 0.451. The van der Waals surface area contributed by atoms with Crippen molar-refractivity contribution in [2.75, 3.05) is 0 Å². The van der Waals surface area contributed by atoms with E-state index in [1.54, 1.807) is 6.08 Å². The van der Waals surface area contributed by atoms with Gasteiger partial charge in [-0.05, 0) is 58.2 Å². The molecule has 0 bridgehead atoms. The van der Waals surface area contributed by atoms with Crippen molar-refractivity contribution in [1.82, 2.24) is 10.3 Å². The molecule has 0 spiro atoms. The summed E-state index contributed by atoms with van der Waals surface area (Å²) in [6.07, 6.45) is 4.71. The predicted octanol–water partition coefficient (Wildman–Crippen LogP) is 4.11. The smallest absolute Gasteiger partial charge is 0.408 e. The average Bonchev–Trinajstić information content (AvgIpc) is 2.85. The van der Waals surface area contributed by atoms with E-state index in [4.69, 9.17) is 9.84 Å². The molecule has 0 saturated heterocycles. The lowest BCUT2D eigenvalue weighted by Gasteiger charge is -2.28. The van der Waals surface area contributed by atoms with Crippen molar-refractivity contribution in [2.45, 2.75) is 52.2 Å². The van der Waals surface area contributed by atoms with Gasteiger partial charge in [-0.15, -0.1) is 0 Å². The first-order valence-corrected chi connectivity index (χ1v) is 8.48. The summed E-state index contributed by atoms with van der Waals surface area (Å²) in [6.45, 7) is 9.34. The number of benzene rings is 1. The van der Waals surface area contributed by atoms with Crippen molar-refractivity contribution in [2.24, 2.45) is 0 Å². The fourth-order valence-corrected chi connectivity index (χ4v) is 2.78. The maximum atomic E-state index is 12.1. The van der Waals surface area contributed by atoms with E-state index in [1.165, 1.54) is 0 Å². The van der Waals surface area contributed by atoms with Crippen LogP contribution in [0.25, 0.3) is 17.0 Å². The molecule has 1 amide bonds. The van der Waals surface area contributed by atoms with Gasteiger partial charge in [-0.2, -0.15) is 0 Å². The van der Waals surface area contributed by atoms with E-state index in [0.717, 1.165) is 28.1 Å². The number of H-pyrrole nitrogens is 1. The van der Waals surface area contributed by atoms with Crippen molar-refractivity contribution >= 4 is 29.0 Å². The highest BCUT2D eigenvalue weighted by atomic mass is 16.6. The zero-order valence-electron chi connectivity index (χ0n) is 15.8. The molecule has 0 saturated carbocycles.